The van der Waals surface area contributed by atoms with E-state index >= 15 is 0 Å². The third kappa shape index (κ3) is 2.24. The van der Waals surface area contributed by atoms with Crippen molar-refractivity contribution in [2.45, 2.75) is 6.42 Å². The maximum atomic E-state index is 12.9. The summed E-state index contributed by atoms with van der Waals surface area (Å²) in [5, 5.41) is 0. The van der Waals surface area contributed by atoms with Gasteiger partial charge in [0.2, 0.25) is 0 Å². The predicted molar refractivity (Wildman–Crippen MR) is 53.7 cm³/mol. The lowest BCUT2D eigenvalue weighted by Gasteiger charge is -2.20. The minimum atomic E-state index is -0.542. The predicted octanol–water partition coefficient (Wildman–Crippen LogP) is 0.770. The number of carbonyl (C=O) groups is 1. The molecule has 78 valence electrons. The van der Waals surface area contributed by atoms with E-state index in [0.717, 1.165) is 6.42 Å². The van der Waals surface area contributed by atoms with Crippen LogP contribution in [-0.2, 0) is 9.31 Å². The zero-order chi connectivity index (χ0) is 10.7. The van der Waals surface area contributed by atoms with Crippen LogP contribution in [-0.4, -0.2) is 26.6 Å². The second-order valence-corrected chi connectivity index (χ2v) is 3.32. The van der Waals surface area contributed by atoms with Crippen LogP contribution >= 0.6 is 0 Å². The second-order valence-electron chi connectivity index (χ2n) is 3.32. The fourth-order valence-electron chi connectivity index (χ4n) is 1.53. The van der Waals surface area contributed by atoms with Gasteiger partial charge in [-0.2, -0.15) is 0 Å². The Morgan fingerprint density at radius 1 is 1.33 bits per heavy atom. The van der Waals surface area contributed by atoms with Gasteiger partial charge in [0, 0.05) is 18.8 Å². The average Bonchev–Trinajstić information content (AvgIpc) is 2.30. The van der Waals surface area contributed by atoms with Crippen molar-refractivity contribution >= 4 is 18.9 Å². The van der Waals surface area contributed by atoms with Crippen LogP contribution in [0.25, 0.3) is 0 Å². The van der Waals surface area contributed by atoms with Crippen molar-refractivity contribution in [2.24, 2.45) is 0 Å². The summed E-state index contributed by atoms with van der Waals surface area (Å²) in [6.45, 7) is 1.20. The molecular formula is C10H10BFO3. The molecule has 0 saturated carbocycles. The second kappa shape index (κ2) is 4.55. The Labute approximate surface area is 87.3 Å². The molecule has 0 radical (unpaired) electrons. The SMILES string of the molecule is O=Cc1cc(F)ccc1B1OCCCO1. The van der Waals surface area contributed by atoms with E-state index in [1.807, 2.05) is 0 Å². The lowest BCUT2D eigenvalue weighted by Crippen LogP contribution is -2.42. The molecule has 5 heteroatoms. The standard InChI is InChI=1S/C10H10BFO3/c12-9-2-3-10(8(6-9)7-13)11-14-4-1-5-15-11/h2-3,6-7H,1,4-5H2. The summed E-state index contributed by atoms with van der Waals surface area (Å²) in [6, 6.07) is 4.00. The third-order valence-corrected chi connectivity index (χ3v) is 2.26. The number of hydrogen-bond acceptors (Lipinski definition) is 3. The van der Waals surface area contributed by atoms with Crippen molar-refractivity contribution in [2.75, 3.05) is 13.2 Å². The first-order valence-electron chi connectivity index (χ1n) is 4.79. The maximum absolute atomic E-state index is 12.9. The first-order valence-corrected chi connectivity index (χ1v) is 4.79. The molecular weight excluding hydrogens is 198 g/mol. The van der Waals surface area contributed by atoms with E-state index in [1.54, 1.807) is 0 Å². The van der Waals surface area contributed by atoms with E-state index in [0.29, 0.717) is 25.0 Å². The Kier molecular flexibility index (Phi) is 3.13. The highest BCUT2D eigenvalue weighted by molar-refractivity contribution is 6.62. The van der Waals surface area contributed by atoms with E-state index in [4.69, 9.17) is 9.31 Å². The normalized spacial score (nSPS) is 16.5. The Bertz CT molecular complexity index is 364. The number of carbonyl (C=O) groups excluding carboxylic acids is 1. The van der Waals surface area contributed by atoms with Crippen LogP contribution in [0, 0.1) is 5.82 Å². The zero-order valence-corrected chi connectivity index (χ0v) is 8.11. The van der Waals surface area contributed by atoms with Gasteiger partial charge in [-0.05, 0) is 24.0 Å². The van der Waals surface area contributed by atoms with Gasteiger partial charge in [-0.1, -0.05) is 6.07 Å². The largest absolute Gasteiger partial charge is 0.494 e. The molecule has 1 saturated heterocycles. The quantitative estimate of drug-likeness (QED) is 0.531. The van der Waals surface area contributed by atoms with Gasteiger partial charge in [-0.25, -0.2) is 4.39 Å². The molecule has 0 aliphatic carbocycles. The van der Waals surface area contributed by atoms with Crippen LogP contribution in [0.5, 0.6) is 0 Å². The van der Waals surface area contributed by atoms with Crippen molar-refractivity contribution in [1.29, 1.82) is 0 Å². The number of benzene rings is 1. The van der Waals surface area contributed by atoms with Crippen LogP contribution in [0.15, 0.2) is 18.2 Å². The molecule has 3 nitrogen and oxygen atoms in total. The molecule has 0 unspecified atom stereocenters. The Morgan fingerprint density at radius 3 is 2.73 bits per heavy atom. The molecule has 1 aromatic carbocycles. The van der Waals surface area contributed by atoms with Crippen molar-refractivity contribution in [3.63, 3.8) is 0 Å². The van der Waals surface area contributed by atoms with Gasteiger partial charge < -0.3 is 9.31 Å². The van der Waals surface area contributed by atoms with Crippen molar-refractivity contribution < 1.29 is 18.5 Å². The molecule has 0 bridgehead atoms. The van der Waals surface area contributed by atoms with Gasteiger partial charge in [-0.3, -0.25) is 4.79 Å². The van der Waals surface area contributed by atoms with E-state index in [1.165, 1.54) is 18.2 Å². The van der Waals surface area contributed by atoms with Crippen LogP contribution in [0.2, 0.25) is 0 Å². The smallest absolute Gasteiger partial charge is 0.407 e. The van der Waals surface area contributed by atoms with Gasteiger partial charge in [0.15, 0.2) is 0 Å². The van der Waals surface area contributed by atoms with Crippen LogP contribution < -0.4 is 5.46 Å². The fraction of sp³-hybridized carbons (Fsp3) is 0.300. The van der Waals surface area contributed by atoms with Gasteiger partial charge in [-0.15, -0.1) is 0 Å². The molecule has 0 amide bonds. The third-order valence-electron chi connectivity index (χ3n) is 2.26. The molecule has 1 fully saturated rings. The maximum Gasteiger partial charge on any atom is 0.494 e. The highest BCUT2D eigenvalue weighted by Crippen LogP contribution is 2.06. The average molecular weight is 208 g/mol. The van der Waals surface area contributed by atoms with E-state index < -0.39 is 12.9 Å². The molecule has 1 aromatic rings. The van der Waals surface area contributed by atoms with E-state index in [-0.39, 0.29) is 5.56 Å². The topological polar surface area (TPSA) is 35.5 Å². The number of aldehydes is 1. The van der Waals surface area contributed by atoms with Gasteiger partial charge in [0.1, 0.15) is 12.1 Å². The number of rotatable bonds is 2. The summed E-state index contributed by atoms with van der Waals surface area (Å²) >= 11 is 0. The van der Waals surface area contributed by atoms with Crippen molar-refractivity contribution in [3.05, 3.63) is 29.6 Å². The molecule has 0 N–H and O–H groups in total. The van der Waals surface area contributed by atoms with E-state index in [2.05, 4.69) is 0 Å². The monoisotopic (exact) mass is 208 g/mol. The molecule has 0 atom stereocenters. The molecule has 1 aliphatic heterocycles. The van der Waals surface area contributed by atoms with Crippen LogP contribution in [0.4, 0.5) is 4.39 Å². The Hall–Kier alpha value is -1.20. The number of halogens is 1. The summed E-state index contributed by atoms with van der Waals surface area (Å²) < 4.78 is 23.5. The Morgan fingerprint density at radius 2 is 2.07 bits per heavy atom. The summed E-state index contributed by atoms with van der Waals surface area (Å²) in [6.07, 6.45) is 1.45. The fourth-order valence-corrected chi connectivity index (χ4v) is 1.53. The lowest BCUT2D eigenvalue weighted by molar-refractivity contribution is 0.112. The highest BCUT2D eigenvalue weighted by Gasteiger charge is 2.26. The first-order chi connectivity index (χ1) is 7.31. The molecule has 15 heavy (non-hydrogen) atoms. The minimum absolute atomic E-state index is 0.280. The molecule has 2 rings (SSSR count). The van der Waals surface area contributed by atoms with Gasteiger partial charge in [0.05, 0.1) is 0 Å². The summed E-state index contributed by atoms with van der Waals surface area (Å²) in [5.41, 5.74) is 0.869. The van der Waals surface area contributed by atoms with Crippen molar-refractivity contribution in [3.8, 4) is 0 Å². The molecule has 0 aromatic heterocycles. The summed E-state index contributed by atoms with van der Waals surface area (Å²) in [5.74, 6) is -0.434. The van der Waals surface area contributed by atoms with Gasteiger partial charge in [0.25, 0.3) is 0 Å². The highest BCUT2D eigenvalue weighted by atomic mass is 19.1. The van der Waals surface area contributed by atoms with Crippen LogP contribution in [0.1, 0.15) is 16.8 Å². The number of hydrogen-bond donors (Lipinski definition) is 0. The summed E-state index contributed by atoms with van der Waals surface area (Å²) in [7, 11) is -0.542. The first kappa shape index (κ1) is 10.3. The van der Waals surface area contributed by atoms with Crippen LogP contribution in [0.3, 0.4) is 0 Å². The van der Waals surface area contributed by atoms with E-state index in [9.17, 15) is 9.18 Å². The lowest BCUT2D eigenvalue weighted by atomic mass is 9.75. The van der Waals surface area contributed by atoms with Gasteiger partial charge >= 0.3 is 7.12 Å². The molecule has 1 heterocycles. The minimum Gasteiger partial charge on any atom is -0.407 e. The Balaban J connectivity index is 2.29. The molecule has 1 aliphatic rings. The zero-order valence-electron chi connectivity index (χ0n) is 8.11. The van der Waals surface area contributed by atoms with Crippen molar-refractivity contribution in [1.82, 2.24) is 0 Å². The summed E-state index contributed by atoms with van der Waals surface area (Å²) in [4.78, 5) is 10.7. The molecule has 0 spiro atoms.